The van der Waals surface area contributed by atoms with Gasteiger partial charge in [-0.25, -0.2) is 9.38 Å². The fourth-order valence-corrected chi connectivity index (χ4v) is 3.85. The molecule has 1 heterocycles. The number of likely N-dealkylation sites (tertiary alicyclic amines) is 1. The van der Waals surface area contributed by atoms with Crippen LogP contribution in [0.15, 0.2) is 60.1 Å². The number of nitrogens with zero attached hydrogens (tertiary/aromatic N) is 2. The van der Waals surface area contributed by atoms with Crippen molar-refractivity contribution >= 4 is 11.6 Å². The summed E-state index contributed by atoms with van der Waals surface area (Å²) >= 11 is 0. The summed E-state index contributed by atoms with van der Waals surface area (Å²) in [5.41, 5.74) is 1.87. The van der Waals surface area contributed by atoms with Crippen molar-refractivity contribution in [1.82, 2.24) is 4.90 Å². The highest BCUT2D eigenvalue weighted by atomic mass is 19.4. The van der Waals surface area contributed by atoms with E-state index in [1.54, 1.807) is 24.3 Å². The quantitative estimate of drug-likeness (QED) is 0.354. The second-order valence-corrected chi connectivity index (χ2v) is 7.58. The number of alkyl halides is 3. The summed E-state index contributed by atoms with van der Waals surface area (Å²) in [6.45, 7) is 5.38. The first-order chi connectivity index (χ1) is 14.6. The van der Waals surface area contributed by atoms with Crippen molar-refractivity contribution in [3.8, 4) is 5.75 Å². The third kappa shape index (κ3) is 6.30. The molecule has 1 aliphatic rings. The predicted molar refractivity (Wildman–Crippen MR) is 111 cm³/mol. The smallest absolute Gasteiger partial charge is 0.484 e. The molecule has 31 heavy (non-hydrogen) atoms. The van der Waals surface area contributed by atoms with Gasteiger partial charge in [-0.3, -0.25) is 0 Å². The van der Waals surface area contributed by atoms with E-state index in [-0.39, 0.29) is 23.4 Å². The van der Waals surface area contributed by atoms with Crippen LogP contribution in [0, 0.1) is 11.7 Å². The van der Waals surface area contributed by atoms with Gasteiger partial charge in [-0.15, -0.1) is 13.2 Å². The van der Waals surface area contributed by atoms with Crippen molar-refractivity contribution in [1.29, 1.82) is 0 Å². The van der Waals surface area contributed by atoms with Crippen LogP contribution in [0.3, 0.4) is 0 Å². The van der Waals surface area contributed by atoms with Crippen LogP contribution in [0.5, 0.6) is 5.75 Å². The third-order valence-corrected chi connectivity index (χ3v) is 5.18. The summed E-state index contributed by atoms with van der Waals surface area (Å²) in [6, 6.07) is 12.0. The molecule has 0 radical (unpaired) electrons. The molecule has 0 amide bonds. The lowest BCUT2D eigenvalue weighted by Gasteiger charge is -2.36. The molecule has 8 heteroatoms. The molecule has 2 aromatic carbocycles. The molecule has 166 valence electrons. The van der Waals surface area contributed by atoms with Crippen molar-refractivity contribution in [2.75, 3.05) is 27.2 Å². The molecule has 0 bridgehead atoms. The highest BCUT2D eigenvalue weighted by molar-refractivity contribution is 5.85. The van der Waals surface area contributed by atoms with Crippen LogP contribution in [0.2, 0.25) is 0 Å². The van der Waals surface area contributed by atoms with Gasteiger partial charge in [-0.2, -0.15) is 0 Å². The van der Waals surface area contributed by atoms with E-state index < -0.39 is 6.36 Å². The van der Waals surface area contributed by atoms with Gasteiger partial charge in [0.1, 0.15) is 11.6 Å². The Balaban J connectivity index is 1.76. The molecule has 0 aliphatic carbocycles. The van der Waals surface area contributed by atoms with Crippen LogP contribution in [0.4, 0.5) is 17.6 Å². The van der Waals surface area contributed by atoms with Crippen molar-refractivity contribution in [3.05, 3.63) is 72.1 Å². The summed E-state index contributed by atoms with van der Waals surface area (Å²) in [5.74, 6) is -0.106. The lowest BCUT2D eigenvalue weighted by molar-refractivity contribution is -0.274. The fourth-order valence-electron chi connectivity index (χ4n) is 3.85. The van der Waals surface area contributed by atoms with Crippen molar-refractivity contribution in [2.45, 2.75) is 18.7 Å². The zero-order valence-electron chi connectivity index (χ0n) is 17.3. The van der Waals surface area contributed by atoms with Gasteiger partial charge in [-0.05, 0) is 49.2 Å². The van der Waals surface area contributed by atoms with Crippen molar-refractivity contribution in [2.24, 2.45) is 10.9 Å². The Kier molecular flexibility index (Phi) is 7.00. The van der Waals surface area contributed by atoms with Gasteiger partial charge in [0.25, 0.3) is 0 Å². The lowest BCUT2D eigenvalue weighted by atomic mass is 9.84. The minimum Gasteiger partial charge on any atom is -0.484 e. The van der Waals surface area contributed by atoms with Gasteiger partial charge in [-0.1, -0.05) is 30.8 Å². The highest BCUT2D eigenvalue weighted by Gasteiger charge is 2.32. The number of halogens is 4. The average molecular weight is 436 g/mol. The van der Waals surface area contributed by atoms with E-state index in [2.05, 4.69) is 21.2 Å². The number of methoxy groups -OCH3 is 1. The molecule has 2 aromatic rings. The molecule has 3 rings (SSSR count). The zero-order valence-corrected chi connectivity index (χ0v) is 17.3. The number of benzene rings is 2. The molecule has 2 unspecified atom stereocenters. The molecule has 0 saturated carbocycles. The van der Waals surface area contributed by atoms with Crippen LogP contribution in [-0.4, -0.2) is 44.4 Å². The van der Waals surface area contributed by atoms with Crippen LogP contribution >= 0.6 is 0 Å². The lowest BCUT2D eigenvalue weighted by Crippen LogP contribution is -2.40. The van der Waals surface area contributed by atoms with E-state index in [0.717, 1.165) is 12.1 Å². The van der Waals surface area contributed by atoms with Crippen molar-refractivity contribution < 1.29 is 27.0 Å². The number of piperidine rings is 1. The molecule has 0 aromatic heterocycles. The molecule has 1 fully saturated rings. The molecule has 1 aliphatic heterocycles. The van der Waals surface area contributed by atoms with E-state index in [9.17, 15) is 17.6 Å². The Morgan fingerprint density at radius 3 is 2.45 bits per heavy atom. The molecule has 4 nitrogen and oxygen atoms in total. The molecular weight excluding hydrogens is 412 g/mol. The minimum absolute atomic E-state index is 0.0508. The second kappa shape index (κ2) is 9.51. The number of hydrogen-bond acceptors (Lipinski definition) is 4. The number of aliphatic imine (C=N–C) groups is 1. The zero-order chi connectivity index (χ0) is 22.6. The van der Waals surface area contributed by atoms with Crippen LogP contribution in [0.1, 0.15) is 23.5 Å². The highest BCUT2D eigenvalue weighted by Crippen LogP contribution is 2.33. The topological polar surface area (TPSA) is 34.1 Å². The standard InChI is InChI=1S/C23H24F4N2O2/c1-15(17-5-4-6-20(24)12-17)28-22(30-3)19-11-18(13-29(2)14-19)16-7-9-21(10-8-16)31-23(25,26)27/h4-10,12,18-19H,1,11,13-14H2,2-3H3. The fraction of sp³-hybridized carbons (Fsp3) is 0.348. The van der Waals surface area contributed by atoms with Gasteiger partial charge in [0.15, 0.2) is 5.90 Å². The first-order valence-electron chi connectivity index (χ1n) is 9.76. The van der Waals surface area contributed by atoms with Gasteiger partial charge in [0.2, 0.25) is 0 Å². The molecule has 1 saturated heterocycles. The first-order valence-corrected chi connectivity index (χ1v) is 9.76. The maximum absolute atomic E-state index is 13.5. The Morgan fingerprint density at radius 1 is 1.13 bits per heavy atom. The van der Waals surface area contributed by atoms with E-state index in [1.807, 2.05) is 7.05 Å². The van der Waals surface area contributed by atoms with Gasteiger partial charge >= 0.3 is 6.36 Å². The minimum atomic E-state index is -4.72. The summed E-state index contributed by atoms with van der Waals surface area (Å²) in [5, 5.41) is 0. The summed E-state index contributed by atoms with van der Waals surface area (Å²) in [7, 11) is 3.50. The Bertz CT molecular complexity index is 941. The summed E-state index contributed by atoms with van der Waals surface area (Å²) in [6.07, 6.45) is -4.02. The third-order valence-electron chi connectivity index (χ3n) is 5.18. The summed E-state index contributed by atoms with van der Waals surface area (Å²) in [4.78, 5) is 6.63. The predicted octanol–water partition coefficient (Wildman–Crippen LogP) is 5.48. The normalized spacial score (nSPS) is 20.4. The molecule has 0 N–H and O–H groups in total. The maximum atomic E-state index is 13.5. The van der Waals surface area contributed by atoms with Gasteiger partial charge in [0.05, 0.1) is 12.8 Å². The average Bonchev–Trinajstić information content (AvgIpc) is 2.70. The van der Waals surface area contributed by atoms with E-state index in [0.29, 0.717) is 30.1 Å². The maximum Gasteiger partial charge on any atom is 0.573 e. The van der Waals surface area contributed by atoms with Crippen LogP contribution in [-0.2, 0) is 4.74 Å². The van der Waals surface area contributed by atoms with Crippen molar-refractivity contribution in [3.63, 3.8) is 0 Å². The molecule has 0 spiro atoms. The Morgan fingerprint density at radius 2 is 1.84 bits per heavy atom. The van der Waals surface area contributed by atoms with Crippen LogP contribution < -0.4 is 4.74 Å². The Labute approximate surface area is 178 Å². The number of ether oxygens (including phenoxy) is 2. The van der Waals surface area contributed by atoms with E-state index in [1.165, 1.54) is 31.4 Å². The SMILES string of the molecule is C=C(N=C(OC)C1CC(c2ccc(OC(F)(F)F)cc2)CN(C)C1)c1cccc(F)c1. The first kappa shape index (κ1) is 22.8. The Hall–Kier alpha value is -2.87. The summed E-state index contributed by atoms with van der Waals surface area (Å²) < 4.78 is 60.2. The number of rotatable bonds is 5. The largest absolute Gasteiger partial charge is 0.573 e. The monoisotopic (exact) mass is 436 g/mol. The number of hydrogen-bond donors (Lipinski definition) is 0. The number of likely N-dealkylation sites (N-methyl/N-ethyl adjacent to an activating group) is 1. The van der Waals surface area contributed by atoms with Crippen LogP contribution in [0.25, 0.3) is 5.70 Å². The van der Waals surface area contributed by atoms with Gasteiger partial charge < -0.3 is 14.4 Å². The van der Waals surface area contributed by atoms with Gasteiger partial charge in [0, 0.05) is 24.6 Å². The second-order valence-electron chi connectivity index (χ2n) is 7.58. The van der Waals surface area contributed by atoms with E-state index >= 15 is 0 Å². The molecule has 2 atom stereocenters. The van der Waals surface area contributed by atoms with E-state index in [4.69, 9.17) is 4.74 Å². The molecular formula is C23H24F4N2O2.